The van der Waals surface area contributed by atoms with E-state index in [1.165, 1.54) is 278 Å². The van der Waals surface area contributed by atoms with Crippen molar-refractivity contribution in [3.8, 4) is 55.6 Å². The predicted octanol–water partition coefficient (Wildman–Crippen LogP) is 31.0. The van der Waals surface area contributed by atoms with Gasteiger partial charge in [0.05, 0.1) is 33.2 Å². The summed E-state index contributed by atoms with van der Waals surface area (Å²) in [5, 5.41) is 0. The highest BCUT2D eigenvalue weighted by atomic mass is 79.9. The van der Waals surface area contributed by atoms with Gasteiger partial charge >= 0.3 is 14.2 Å². The zero-order chi connectivity index (χ0) is 86.4. The van der Waals surface area contributed by atoms with Gasteiger partial charge in [0.25, 0.3) is 0 Å². The lowest BCUT2D eigenvalue weighted by atomic mass is 9.65. The second kappa shape index (κ2) is 36.3. The first kappa shape index (κ1) is 88.1. The van der Waals surface area contributed by atoms with E-state index in [0.29, 0.717) is 0 Å². The number of hydrogen-bond donors (Lipinski definition) is 0. The van der Waals surface area contributed by atoms with Crippen molar-refractivity contribution in [2.45, 2.75) is 307 Å². The van der Waals surface area contributed by atoms with Crippen molar-refractivity contribution in [3.05, 3.63) is 317 Å². The van der Waals surface area contributed by atoms with Crippen LogP contribution in [0.2, 0.25) is 0 Å². The first-order valence-corrected chi connectivity index (χ1v) is 49.6. The lowest BCUT2D eigenvalue weighted by molar-refractivity contribution is 0.00578. The third kappa shape index (κ3) is 15.6. The molecule has 11 aromatic carbocycles. The zero-order valence-electron chi connectivity index (χ0n) is 76.2. The van der Waals surface area contributed by atoms with E-state index in [4.69, 9.17) is 18.6 Å². The number of ketones is 1. The molecule has 0 amide bonds. The van der Waals surface area contributed by atoms with Gasteiger partial charge in [-0.05, 0) is 263 Å². The lowest BCUT2D eigenvalue weighted by Crippen LogP contribution is -2.41. The molecule has 0 bridgehead atoms. The summed E-state index contributed by atoms with van der Waals surface area (Å²) in [7, 11) is -0.873. The molecule has 0 N–H and O–H groups in total. The molecule has 640 valence electrons. The Morgan fingerprint density at radius 1 is 0.258 bits per heavy atom. The van der Waals surface area contributed by atoms with Crippen LogP contribution in [0.1, 0.15) is 346 Å². The van der Waals surface area contributed by atoms with Crippen molar-refractivity contribution in [2.75, 3.05) is 0 Å². The summed E-state index contributed by atoms with van der Waals surface area (Å²) >= 11 is 7.69. The van der Waals surface area contributed by atoms with Gasteiger partial charge in [0, 0.05) is 30.9 Å². The topological polar surface area (TPSA) is 54.0 Å². The monoisotopic (exact) mass is 1770 g/mol. The van der Waals surface area contributed by atoms with Gasteiger partial charge in [-0.1, -0.05) is 396 Å². The Morgan fingerprint density at radius 3 is 0.919 bits per heavy atom. The zero-order valence-corrected chi connectivity index (χ0v) is 79.4. The number of hydrogen-bond acceptors (Lipinski definition) is 5. The number of rotatable bonds is 34. The van der Waals surface area contributed by atoms with Gasteiger partial charge in [-0.3, -0.25) is 4.79 Å². The lowest BCUT2D eigenvalue weighted by Gasteiger charge is -2.35. The molecule has 5 aliphatic carbocycles. The van der Waals surface area contributed by atoms with Crippen molar-refractivity contribution in [1.29, 1.82) is 0 Å². The minimum Gasteiger partial charge on any atom is -0.399 e. The van der Waals surface area contributed by atoms with E-state index in [-0.39, 0.29) is 16.6 Å². The third-order valence-corrected chi connectivity index (χ3v) is 31.9. The summed E-state index contributed by atoms with van der Waals surface area (Å²) in [6.45, 7) is 26.3. The Kier molecular flexibility index (Phi) is 25.8. The second-order valence-electron chi connectivity index (χ2n) is 39.5. The van der Waals surface area contributed by atoms with Crippen LogP contribution in [0.4, 0.5) is 0 Å². The van der Waals surface area contributed by atoms with E-state index in [1.807, 2.05) is 0 Å². The van der Waals surface area contributed by atoms with E-state index in [2.05, 4.69) is 345 Å². The Labute approximate surface area is 760 Å². The van der Waals surface area contributed by atoms with Crippen LogP contribution in [-0.4, -0.2) is 42.4 Å². The van der Waals surface area contributed by atoms with Gasteiger partial charge in [-0.15, -0.1) is 0 Å². The molecule has 0 radical (unpaired) electrons. The molecular weight excluding hydrogens is 1640 g/mol. The summed E-state index contributed by atoms with van der Waals surface area (Å²) in [6.07, 6.45) is 35.8. The van der Waals surface area contributed by atoms with Gasteiger partial charge in [0.15, 0.2) is 5.78 Å². The maximum atomic E-state index is 15.1. The van der Waals surface area contributed by atoms with E-state index >= 15 is 4.79 Å². The molecule has 124 heavy (non-hydrogen) atoms. The minimum atomic E-state index is -0.595. The molecule has 11 aromatic rings. The van der Waals surface area contributed by atoms with Crippen LogP contribution < -0.4 is 10.9 Å². The molecule has 2 aliphatic heterocycles. The first-order valence-electron chi connectivity index (χ1n) is 48.0. The summed E-state index contributed by atoms with van der Waals surface area (Å²) in [5.74, 6) is 0.0996. The molecule has 0 unspecified atom stereocenters. The molecule has 2 fully saturated rings. The number of carbonyl (C=O) groups excluding carboxylic acids is 1. The molecule has 0 saturated carbocycles. The Morgan fingerprint density at radius 2 is 0.524 bits per heavy atom. The SMILES string of the molecule is CCCCCCCCC1(CCCCCCCC)c2ccccc2-c2cc3c(cc21)-c1ccccc1C3(c1ccc(B2OC(C)(C)C(C)(C)O2)cc1)c1ccc(B2OC(C)(C)C(C)(C)O2)cc1.CCCCCCCCC1(CCCCCCCC)c2ccccc2-c2ccc(C(=O)c3ccc4c(c3)C3(c5ccccc5-4)c4cc(Br)ccc4-c4ccc(Br)cc43)cc21. The third-order valence-electron chi connectivity index (χ3n) is 30.9. The summed E-state index contributed by atoms with van der Waals surface area (Å²) in [4.78, 5) is 15.1. The molecule has 0 aromatic heterocycles. The highest BCUT2D eigenvalue weighted by Crippen LogP contribution is 2.66. The molecule has 2 saturated heterocycles. The van der Waals surface area contributed by atoms with Gasteiger partial charge in [0.1, 0.15) is 0 Å². The van der Waals surface area contributed by atoms with Crippen LogP contribution in [0.25, 0.3) is 55.6 Å². The van der Waals surface area contributed by atoms with E-state index < -0.39 is 47.5 Å². The maximum absolute atomic E-state index is 15.1. The molecule has 9 heteroatoms. The first-order chi connectivity index (χ1) is 60.0. The molecule has 1 spiro atoms. The fraction of sp³-hybridized carbons (Fsp3) is 0.417. The van der Waals surface area contributed by atoms with E-state index in [9.17, 15) is 0 Å². The molecule has 2 heterocycles. The molecule has 18 rings (SSSR count). The maximum Gasteiger partial charge on any atom is 0.494 e. The standard InChI is InChI=1S/C60H76B2O4.C55H54Br2O/c1-11-13-15-17-19-25-39-59(40-26-20-18-16-14-12-2)51-29-23-21-27-47(51)49-42-54-50(41-53(49)59)48-28-22-24-30-52(48)60(54,43-31-35-45(36-32-43)61-63-55(3,4)56(5,6)64-61)44-33-37-46(38-34-44)62-65-57(7,8)58(9,10)66-62;1-3-5-7-9-11-17-31-54(32-18-12-10-8-6-4-2)47-21-15-13-19-41(47)43-27-23-37(33-49(43)54)53(58)38-24-28-44-42-20-14-16-22-48(42)55(50(44)34-38)51-35-39(56)25-29-45(51)46-30-26-40(57)36-52(46)55/h21-24,27-38,41-42H,11-20,25-26,39-40H2,1-10H3;13-16,19-30,33-36H,3-12,17-18,31-32H2,1-2H3. The van der Waals surface area contributed by atoms with Gasteiger partial charge < -0.3 is 18.6 Å². The van der Waals surface area contributed by atoms with Crippen molar-refractivity contribution in [1.82, 2.24) is 0 Å². The van der Waals surface area contributed by atoms with Crippen LogP contribution in [0.15, 0.2) is 239 Å². The number of carbonyl (C=O) groups is 1. The Balaban J connectivity index is 0.000000177. The highest BCUT2D eigenvalue weighted by molar-refractivity contribution is 9.10. The average molecular weight is 1770 g/mol. The van der Waals surface area contributed by atoms with Crippen molar-refractivity contribution >= 4 is 62.8 Å². The number of unbranched alkanes of at least 4 members (excludes halogenated alkanes) is 20. The van der Waals surface area contributed by atoms with Crippen LogP contribution >= 0.6 is 31.9 Å². The van der Waals surface area contributed by atoms with Gasteiger partial charge in [-0.2, -0.15) is 0 Å². The Bertz CT molecular complexity index is 5520. The number of benzene rings is 11. The van der Waals surface area contributed by atoms with Crippen LogP contribution in [0.5, 0.6) is 0 Å². The second-order valence-corrected chi connectivity index (χ2v) is 41.3. The van der Waals surface area contributed by atoms with Crippen LogP contribution in [-0.2, 0) is 40.3 Å². The largest absolute Gasteiger partial charge is 0.494 e. The highest BCUT2D eigenvalue weighted by Gasteiger charge is 2.57. The molecule has 0 atom stereocenters. The fourth-order valence-corrected chi connectivity index (χ4v) is 23.7. The van der Waals surface area contributed by atoms with Crippen LogP contribution in [0, 0.1) is 0 Å². The fourth-order valence-electron chi connectivity index (χ4n) is 22.9. The summed E-state index contributed by atoms with van der Waals surface area (Å²) < 4.78 is 28.5. The van der Waals surface area contributed by atoms with Crippen LogP contribution in [0.3, 0.4) is 0 Å². The Hall–Kier alpha value is -7.98. The number of halogens is 2. The molecule has 5 nitrogen and oxygen atoms in total. The van der Waals surface area contributed by atoms with E-state index in [1.54, 1.807) is 11.1 Å². The smallest absolute Gasteiger partial charge is 0.399 e. The molecular formula is C115H130B2Br2O5. The predicted molar refractivity (Wildman–Crippen MR) is 528 cm³/mol. The number of fused-ring (bicyclic) bond motifs is 19. The van der Waals surface area contributed by atoms with Crippen molar-refractivity contribution in [2.24, 2.45) is 0 Å². The molecule has 7 aliphatic rings. The van der Waals surface area contributed by atoms with Gasteiger partial charge in [-0.25, -0.2) is 0 Å². The van der Waals surface area contributed by atoms with Gasteiger partial charge in [0.2, 0.25) is 0 Å². The minimum absolute atomic E-state index is 0.00830. The normalized spacial score (nSPS) is 17.3. The average Bonchev–Trinajstić information content (AvgIpc) is 1.51. The van der Waals surface area contributed by atoms with Crippen molar-refractivity contribution in [3.63, 3.8) is 0 Å². The van der Waals surface area contributed by atoms with E-state index in [0.717, 1.165) is 43.8 Å². The van der Waals surface area contributed by atoms with Crippen molar-refractivity contribution < 1.29 is 23.4 Å². The quantitative estimate of drug-likeness (QED) is 0.0229. The summed E-state index contributed by atoms with van der Waals surface area (Å²) in [6, 6.07) is 87.0. The summed E-state index contributed by atoms with van der Waals surface area (Å²) in [5.41, 5.74) is 29.9.